The van der Waals surface area contributed by atoms with Gasteiger partial charge in [-0.1, -0.05) is 0 Å². The maximum absolute atomic E-state index is 10.9. The van der Waals surface area contributed by atoms with Crippen LogP contribution in [0, 0.1) is 0 Å². The van der Waals surface area contributed by atoms with Crippen molar-refractivity contribution in [2.24, 2.45) is 0 Å². The third-order valence-corrected chi connectivity index (χ3v) is 1.82. The molecule has 60 valence electrons. The van der Waals surface area contributed by atoms with Crippen molar-refractivity contribution >= 4 is 29.1 Å². The Morgan fingerprint density at radius 3 is 3.00 bits per heavy atom. The Kier molecular flexibility index (Phi) is 2.78. The highest BCUT2D eigenvalue weighted by Gasteiger charge is 2.11. The van der Waals surface area contributed by atoms with E-state index >= 15 is 0 Å². The van der Waals surface area contributed by atoms with E-state index < -0.39 is 5.97 Å². The zero-order valence-corrected chi connectivity index (χ0v) is 7.28. The largest absolute Gasteiger partial charge is 0.461 e. The number of carbonyl (C=O) groups excluding carboxylic acids is 1. The monoisotopic (exact) mass is 192 g/mol. The minimum Gasteiger partial charge on any atom is -0.461 e. The van der Waals surface area contributed by atoms with Gasteiger partial charge < -0.3 is 4.74 Å². The van der Waals surface area contributed by atoms with Gasteiger partial charge >= 0.3 is 5.97 Å². The van der Waals surface area contributed by atoms with Crippen molar-refractivity contribution in [3.8, 4) is 0 Å². The Balaban J connectivity index is 2.69. The molecule has 0 aliphatic rings. The Labute approximate surface area is 72.3 Å². The number of esters is 1. The predicted molar refractivity (Wildman–Crippen MR) is 40.9 cm³/mol. The Morgan fingerprint density at radius 2 is 2.55 bits per heavy atom. The zero-order valence-electron chi connectivity index (χ0n) is 5.70. The Morgan fingerprint density at radius 1 is 1.82 bits per heavy atom. The van der Waals surface area contributed by atoms with Gasteiger partial charge in [0.1, 0.15) is 0 Å². The number of nitrogens with zero attached hydrogens (tertiary/aromatic N) is 2. The Hall–Kier alpha value is -0.680. The van der Waals surface area contributed by atoms with Crippen LogP contribution < -0.4 is 0 Å². The van der Waals surface area contributed by atoms with E-state index in [0.29, 0.717) is 6.61 Å². The number of ether oxygens (including phenoxy) is 1. The molecule has 4 nitrogen and oxygen atoms in total. The second kappa shape index (κ2) is 3.64. The first kappa shape index (κ1) is 8.42. The molecule has 0 aliphatic heterocycles. The fraction of sp³-hybridized carbons (Fsp3) is 0.400. The van der Waals surface area contributed by atoms with Crippen LogP contribution in [-0.2, 0) is 4.74 Å². The number of aromatic nitrogens is 2. The van der Waals surface area contributed by atoms with Crippen molar-refractivity contribution in [2.75, 3.05) is 6.61 Å². The van der Waals surface area contributed by atoms with Gasteiger partial charge in [-0.15, -0.1) is 0 Å². The molecule has 0 saturated heterocycles. The molecule has 0 N–H and O–H groups in total. The quantitative estimate of drug-likeness (QED) is 0.665. The molecule has 1 heterocycles. The summed E-state index contributed by atoms with van der Waals surface area (Å²) in [5.41, 5.74) is 0. The number of hydrogen-bond acceptors (Lipinski definition) is 5. The topological polar surface area (TPSA) is 52.1 Å². The predicted octanol–water partition coefficient (Wildman–Crippen LogP) is 1.37. The van der Waals surface area contributed by atoms with Gasteiger partial charge in [-0.25, -0.2) is 4.79 Å². The summed E-state index contributed by atoms with van der Waals surface area (Å²) in [6.45, 7) is 2.05. The maximum atomic E-state index is 10.9. The lowest BCUT2D eigenvalue weighted by Gasteiger charge is -1.93. The van der Waals surface area contributed by atoms with Crippen molar-refractivity contribution in [2.45, 2.75) is 6.92 Å². The van der Waals surface area contributed by atoms with Gasteiger partial charge in [-0.05, 0) is 30.1 Å². The van der Waals surface area contributed by atoms with E-state index in [9.17, 15) is 4.79 Å². The molecule has 0 bridgehead atoms. The molecule has 0 amide bonds. The van der Waals surface area contributed by atoms with Crippen LogP contribution in [0.15, 0.2) is 0 Å². The molecule has 0 unspecified atom stereocenters. The van der Waals surface area contributed by atoms with E-state index in [1.807, 2.05) is 0 Å². The highest BCUT2D eigenvalue weighted by atomic mass is 35.5. The molecule has 0 radical (unpaired) electrons. The lowest BCUT2D eigenvalue weighted by molar-refractivity contribution is 0.0526. The van der Waals surface area contributed by atoms with Gasteiger partial charge in [0.2, 0.25) is 10.3 Å². The van der Waals surface area contributed by atoms with Gasteiger partial charge in [-0.2, -0.15) is 9.36 Å². The minimum absolute atomic E-state index is 0.0815. The van der Waals surface area contributed by atoms with Crippen LogP contribution in [0.25, 0.3) is 0 Å². The van der Waals surface area contributed by atoms with Crippen LogP contribution in [0.3, 0.4) is 0 Å². The van der Waals surface area contributed by atoms with Crippen molar-refractivity contribution in [1.29, 1.82) is 0 Å². The lowest BCUT2D eigenvalue weighted by atomic mass is 10.7. The first-order valence-electron chi connectivity index (χ1n) is 2.90. The summed E-state index contributed by atoms with van der Waals surface area (Å²) in [7, 11) is 0. The van der Waals surface area contributed by atoms with E-state index in [0.717, 1.165) is 11.5 Å². The average molecular weight is 193 g/mol. The number of halogens is 1. The van der Waals surface area contributed by atoms with Gasteiger partial charge in [0.15, 0.2) is 0 Å². The highest BCUT2D eigenvalue weighted by molar-refractivity contribution is 7.07. The molecule has 6 heteroatoms. The van der Waals surface area contributed by atoms with Gasteiger partial charge in [-0.3, -0.25) is 0 Å². The van der Waals surface area contributed by atoms with Crippen LogP contribution in [0.1, 0.15) is 16.7 Å². The van der Waals surface area contributed by atoms with Crippen molar-refractivity contribution in [1.82, 2.24) is 9.36 Å². The third-order valence-electron chi connectivity index (χ3n) is 0.851. The third kappa shape index (κ3) is 2.13. The van der Waals surface area contributed by atoms with E-state index in [1.54, 1.807) is 6.92 Å². The van der Waals surface area contributed by atoms with Crippen LogP contribution in [0.5, 0.6) is 0 Å². The molecule has 0 atom stereocenters. The van der Waals surface area contributed by atoms with Crippen LogP contribution in [-0.4, -0.2) is 21.9 Å². The summed E-state index contributed by atoms with van der Waals surface area (Å²) in [4.78, 5) is 14.5. The van der Waals surface area contributed by atoms with Crippen molar-refractivity contribution in [3.05, 3.63) is 10.3 Å². The molecular formula is C5H5ClN2O2S. The normalized spacial score (nSPS) is 9.64. The summed E-state index contributed by atoms with van der Waals surface area (Å²) in [6, 6.07) is 0. The first-order chi connectivity index (χ1) is 5.24. The van der Waals surface area contributed by atoms with Gasteiger partial charge in [0.25, 0.3) is 0 Å². The number of carbonyl (C=O) groups is 1. The van der Waals surface area contributed by atoms with Crippen LogP contribution in [0.4, 0.5) is 0 Å². The minimum atomic E-state index is -0.475. The van der Waals surface area contributed by atoms with Crippen molar-refractivity contribution in [3.63, 3.8) is 0 Å². The fourth-order valence-electron chi connectivity index (χ4n) is 0.481. The standard InChI is InChI=1S/C5H5ClN2O2S/c1-2-10-4(9)3-7-5(6)8-11-3/h2H2,1H3. The maximum Gasteiger partial charge on any atom is 0.369 e. The molecule has 1 aromatic rings. The molecule has 1 aromatic heterocycles. The molecule has 11 heavy (non-hydrogen) atoms. The fourth-order valence-corrected chi connectivity index (χ4v) is 1.18. The van der Waals surface area contributed by atoms with Gasteiger partial charge in [0.05, 0.1) is 6.61 Å². The lowest BCUT2D eigenvalue weighted by Crippen LogP contribution is -2.03. The summed E-state index contributed by atoms with van der Waals surface area (Å²) >= 11 is 6.32. The molecular weight excluding hydrogens is 188 g/mol. The number of hydrogen-bond donors (Lipinski definition) is 0. The average Bonchev–Trinajstić information content (AvgIpc) is 2.36. The van der Waals surface area contributed by atoms with Gasteiger partial charge in [0, 0.05) is 0 Å². The summed E-state index contributed by atoms with van der Waals surface area (Å²) in [5, 5.41) is 0.273. The van der Waals surface area contributed by atoms with Crippen molar-refractivity contribution < 1.29 is 9.53 Å². The molecule has 0 spiro atoms. The first-order valence-corrected chi connectivity index (χ1v) is 4.05. The highest BCUT2D eigenvalue weighted by Crippen LogP contribution is 2.09. The second-order valence-electron chi connectivity index (χ2n) is 1.59. The molecule has 0 aliphatic carbocycles. The number of rotatable bonds is 2. The molecule has 1 rings (SSSR count). The van der Waals surface area contributed by atoms with E-state index in [1.165, 1.54) is 0 Å². The van der Waals surface area contributed by atoms with E-state index in [4.69, 9.17) is 11.6 Å². The molecule has 0 aromatic carbocycles. The summed E-state index contributed by atoms with van der Waals surface area (Å²) < 4.78 is 8.27. The van der Waals surface area contributed by atoms with E-state index in [-0.39, 0.29) is 10.3 Å². The SMILES string of the molecule is CCOC(=O)c1nc(Cl)ns1. The second-order valence-corrected chi connectivity index (χ2v) is 2.68. The molecule has 0 fully saturated rings. The van der Waals surface area contributed by atoms with Crippen LogP contribution in [0.2, 0.25) is 5.28 Å². The molecule has 0 saturated carbocycles. The van der Waals surface area contributed by atoms with E-state index in [2.05, 4.69) is 14.1 Å². The smallest absolute Gasteiger partial charge is 0.369 e. The van der Waals surface area contributed by atoms with Crippen LogP contribution >= 0.6 is 23.1 Å². The zero-order chi connectivity index (χ0) is 8.27. The summed E-state index contributed by atoms with van der Waals surface area (Å²) in [6.07, 6.45) is 0. The Bertz CT molecular complexity index is 263. The summed E-state index contributed by atoms with van der Waals surface area (Å²) in [5.74, 6) is -0.475.